The van der Waals surface area contributed by atoms with Gasteiger partial charge in [-0.15, -0.1) is 0 Å². The highest BCUT2D eigenvalue weighted by Gasteiger charge is 2.40. The number of nitrogens with zero attached hydrogens (tertiary/aromatic N) is 1. The van der Waals surface area contributed by atoms with Gasteiger partial charge in [-0.2, -0.15) is 0 Å². The van der Waals surface area contributed by atoms with Crippen molar-refractivity contribution < 1.29 is 14.0 Å². The Morgan fingerprint density at radius 3 is 2.07 bits per heavy atom. The maximum Gasteiger partial charge on any atom is 0.282 e. The molecule has 6 heteroatoms. The Labute approximate surface area is 165 Å². The standard InChI is InChI=1S/C22H14ClFN2O2/c23-15-6-12-18(13-7-15)26-21(27)19(14-4-2-1-3-5-14)20(22(26)28)25-17-10-8-16(24)9-11-17/h1-13,25H. The van der Waals surface area contributed by atoms with Crippen LogP contribution in [0.25, 0.3) is 5.57 Å². The Hall–Kier alpha value is -3.44. The number of benzene rings is 3. The second-order valence-corrected chi connectivity index (χ2v) is 6.61. The van der Waals surface area contributed by atoms with Gasteiger partial charge >= 0.3 is 0 Å². The van der Waals surface area contributed by atoms with E-state index in [0.29, 0.717) is 22.0 Å². The molecule has 1 heterocycles. The van der Waals surface area contributed by atoms with E-state index < -0.39 is 11.8 Å². The predicted octanol–water partition coefficient (Wildman–Crippen LogP) is 4.88. The van der Waals surface area contributed by atoms with E-state index in [1.54, 1.807) is 48.5 Å². The molecule has 2 amide bonds. The van der Waals surface area contributed by atoms with E-state index in [0.717, 1.165) is 4.90 Å². The van der Waals surface area contributed by atoms with Crippen molar-refractivity contribution in [3.05, 3.63) is 101 Å². The van der Waals surface area contributed by atoms with Crippen molar-refractivity contribution in [3.63, 3.8) is 0 Å². The van der Waals surface area contributed by atoms with Crippen LogP contribution in [0.15, 0.2) is 84.6 Å². The molecule has 3 aromatic rings. The zero-order valence-electron chi connectivity index (χ0n) is 14.5. The molecule has 0 saturated carbocycles. The molecule has 0 bridgehead atoms. The summed E-state index contributed by atoms with van der Waals surface area (Å²) < 4.78 is 13.2. The zero-order chi connectivity index (χ0) is 19.7. The summed E-state index contributed by atoms with van der Waals surface area (Å²) >= 11 is 5.92. The van der Waals surface area contributed by atoms with E-state index in [2.05, 4.69) is 5.32 Å². The van der Waals surface area contributed by atoms with E-state index >= 15 is 0 Å². The lowest BCUT2D eigenvalue weighted by molar-refractivity contribution is -0.120. The monoisotopic (exact) mass is 392 g/mol. The number of anilines is 2. The van der Waals surface area contributed by atoms with E-state index in [1.807, 2.05) is 6.07 Å². The molecule has 0 spiro atoms. The van der Waals surface area contributed by atoms with Gasteiger partial charge in [0.1, 0.15) is 11.5 Å². The van der Waals surface area contributed by atoms with Crippen LogP contribution in [-0.2, 0) is 9.59 Å². The van der Waals surface area contributed by atoms with Crippen LogP contribution < -0.4 is 10.2 Å². The molecule has 28 heavy (non-hydrogen) atoms. The number of amides is 2. The van der Waals surface area contributed by atoms with Crippen molar-refractivity contribution in [1.29, 1.82) is 0 Å². The Morgan fingerprint density at radius 1 is 0.786 bits per heavy atom. The fourth-order valence-corrected chi connectivity index (χ4v) is 3.15. The first-order chi connectivity index (χ1) is 13.5. The first-order valence-corrected chi connectivity index (χ1v) is 8.89. The van der Waals surface area contributed by atoms with Gasteiger partial charge in [-0.05, 0) is 54.1 Å². The average molecular weight is 393 g/mol. The van der Waals surface area contributed by atoms with Crippen LogP contribution in [0.2, 0.25) is 5.02 Å². The van der Waals surface area contributed by atoms with Gasteiger partial charge in [-0.25, -0.2) is 9.29 Å². The molecule has 3 aromatic carbocycles. The van der Waals surface area contributed by atoms with Gasteiger partial charge in [0.05, 0.1) is 11.3 Å². The Balaban J connectivity index is 1.80. The lowest BCUT2D eigenvalue weighted by Gasteiger charge is -2.15. The summed E-state index contributed by atoms with van der Waals surface area (Å²) in [6.07, 6.45) is 0. The van der Waals surface area contributed by atoms with Gasteiger partial charge in [-0.1, -0.05) is 41.9 Å². The topological polar surface area (TPSA) is 49.4 Å². The SMILES string of the molecule is O=C1C(Nc2ccc(F)cc2)=C(c2ccccc2)C(=O)N1c1ccc(Cl)cc1. The van der Waals surface area contributed by atoms with Crippen molar-refractivity contribution in [1.82, 2.24) is 0 Å². The molecule has 0 aromatic heterocycles. The summed E-state index contributed by atoms with van der Waals surface area (Å²) in [5.41, 5.74) is 1.93. The van der Waals surface area contributed by atoms with Crippen molar-refractivity contribution >= 4 is 40.4 Å². The molecule has 1 N–H and O–H groups in total. The van der Waals surface area contributed by atoms with Crippen LogP contribution in [0, 0.1) is 5.82 Å². The lowest BCUT2D eigenvalue weighted by atomic mass is 10.0. The minimum absolute atomic E-state index is 0.137. The summed E-state index contributed by atoms with van der Waals surface area (Å²) in [7, 11) is 0. The fraction of sp³-hybridized carbons (Fsp3) is 0. The number of hydrogen-bond acceptors (Lipinski definition) is 3. The third-order valence-corrected chi connectivity index (χ3v) is 4.60. The molecule has 0 radical (unpaired) electrons. The van der Waals surface area contributed by atoms with Crippen LogP contribution in [-0.4, -0.2) is 11.8 Å². The highest BCUT2D eigenvalue weighted by atomic mass is 35.5. The van der Waals surface area contributed by atoms with Gasteiger partial charge in [0.25, 0.3) is 11.8 Å². The van der Waals surface area contributed by atoms with Crippen LogP contribution in [0.1, 0.15) is 5.56 Å². The smallest absolute Gasteiger partial charge is 0.282 e. The zero-order valence-corrected chi connectivity index (χ0v) is 15.3. The second kappa shape index (κ2) is 7.29. The fourth-order valence-electron chi connectivity index (χ4n) is 3.02. The summed E-state index contributed by atoms with van der Waals surface area (Å²) in [5, 5.41) is 3.49. The summed E-state index contributed by atoms with van der Waals surface area (Å²) in [4.78, 5) is 27.4. The molecule has 4 nitrogen and oxygen atoms in total. The number of imide groups is 1. The average Bonchev–Trinajstić information content (AvgIpc) is 2.95. The number of rotatable bonds is 4. The minimum atomic E-state index is -0.490. The Kier molecular flexibility index (Phi) is 4.67. The molecule has 138 valence electrons. The van der Waals surface area contributed by atoms with Gasteiger partial charge in [0, 0.05) is 10.7 Å². The molecule has 0 fully saturated rings. The van der Waals surface area contributed by atoms with Crippen molar-refractivity contribution in [2.45, 2.75) is 0 Å². The molecule has 4 rings (SSSR count). The van der Waals surface area contributed by atoms with Crippen LogP contribution in [0.4, 0.5) is 15.8 Å². The molecule has 0 atom stereocenters. The number of hydrogen-bond donors (Lipinski definition) is 1. The van der Waals surface area contributed by atoms with E-state index in [9.17, 15) is 14.0 Å². The largest absolute Gasteiger partial charge is 0.350 e. The van der Waals surface area contributed by atoms with Gasteiger partial charge in [0.2, 0.25) is 0 Å². The van der Waals surface area contributed by atoms with Crippen LogP contribution in [0.3, 0.4) is 0 Å². The number of carbonyl (C=O) groups is 2. The third kappa shape index (κ3) is 3.28. The van der Waals surface area contributed by atoms with E-state index in [1.165, 1.54) is 24.3 Å². The molecule has 0 unspecified atom stereocenters. The molecule has 0 aliphatic carbocycles. The quantitative estimate of drug-likeness (QED) is 0.644. The van der Waals surface area contributed by atoms with Crippen molar-refractivity contribution in [3.8, 4) is 0 Å². The van der Waals surface area contributed by atoms with Crippen LogP contribution >= 0.6 is 11.6 Å². The summed E-state index contributed by atoms with van der Waals surface area (Å²) in [5.74, 6) is -1.32. The third-order valence-electron chi connectivity index (χ3n) is 4.34. The molecule has 0 saturated heterocycles. The number of carbonyl (C=O) groups excluding carboxylic acids is 2. The van der Waals surface area contributed by atoms with Gasteiger partial charge in [0.15, 0.2) is 0 Å². The highest BCUT2D eigenvalue weighted by molar-refractivity contribution is 6.46. The maximum atomic E-state index is 13.2. The molecule has 1 aliphatic rings. The number of nitrogens with one attached hydrogen (secondary N) is 1. The Morgan fingerprint density at radius 2 is 1.43 bits per heavy atom. The normalized spacial score (nSPS) is 14.0. The van der Waals surface area contributed by atoms with E-state index in [-0.39, 0.29) is 17.1 Å². The first kappa shape index (κ1) is 17.9. The highest BCUT2D eigenvalue weighted by Crippen LogP contribution is 2.34. The molecular weight excluding hydrogens is 379 g/mol. The lowest BCUT2D eigenvalue weighted by Crippen LogP contribution is -2.32. The van der Waals surface area contributed by atoms with Gasteiger partial charge in [-0.3, -0.25) is 9.59 Å². The van der Waals surface area contributed by atoms with E-state index in [4.69, 9.17) is 11.6 Å². The van der Waals surface area contributed by atoms with Crippen molar-refractivity contribution in [2.75, 3.05) is 10.2 Å². The maximum absolute atomic E-state index is 13.2. The summed E-state index contributed by atoms with van der Waals surface area (Å²) in [6.45, 7) is 0. The van der Waals surface area contributed by atoms with Crippen LogP contribution in [0.5, 0.6) is 0 Å². The predicted molar refractivity (Wildman–Crippen MR) is 107 cm³/mol. The van der Waals surface area contributed by atoms with Gasteiger partial charge < -0.3 is 5.32 Å². The number of halogens is 2. The Bertz CT molecular complexity index is 1080. The second-order valence-electron chi connectivity index (χ2n) is 6.17. The molecule has 1 aliphatic heterocycles. The molecular formula is C22H14ClFN2O2. The van der Waals surface area contributed by atoms with Crippen molar-refractivity contribution in [2.24, 2.45) is 0 Å². The summed E-state index contributed by atoms with van der Waals surface area (Å²) in [6, 6.07) is 21.0. The first-order valence-electron chi connectivity index (χ1n) is 8.51. The minimum Gasteiger partial charge on any atom is -0.350 e.